The van der Waals surface area contributed by atoms with Crippen LogP contribution >= 0.6 is 23.1 Å². The van der Waals surface area contributed by atoms with Gasteiger partial charge in [-0.3, -0.25) is 4.79 Å². The van der Waals surface area contributed by atoms with Gasteiger partial charge >= 0.3 is 0 Å². The zero-order chi connectivity index (χ0) is 20.7. The molecule has 7 heteroatoms. The SMILES string of the molecule is CC1=CS/C(=C2\C(=O)N(c3nc(-c4ccccc4)cs3)N=C2C)N1c1ccccc1. The summed E-state index contributed by atoms with van der Waals surface area (Å²) in [5, 5.41) is 11.5. The minimum atomic E-state index is -0.145. The van der Waals surface area contributed by atoms with E-state index in [0.29, 0.717) is 16.4 Å². The molecule has 0 radical (unpaired) electrons. The van der Waals surface area contributed by atoms with Crippen molar-refractivity contribution in [2.75, 3.05) is 9.91 Å². The van der Waals surface area contributed by atoms with Crippen molar-refractivity contribution in [1.82, 2.24) is 4.98 Å². The zero-order valence-electron chi connectivity index (χ0n) is 16.4. The highest BCUT2D eigenvalue weighted by Gasteiger charge is 2.37. The fourth-order valence-electron chi connectivity index (χ4n) is 3.46. The summed E-state index contributed by atoms with van der Waals surface area (Å²) >= 11 is 2.98. The van der Waals surface area contributed by atoms with Crippen molar-refractivity contribution in [2.45, 2.75) is 13.8 Å². The third kappa shape index (κ3) is 3.16. The Kier molecular flexibility index (Phi) is 4.77. The summed E-state index contributed by atoms with van der Waals surface area (Å²) in [7, 11) is 0. The topological polar surface area (TPSA) is 48.8 Å². The number of carbonyl (C=O) groups excluding carboxylic acids is 1. The lowest BCUT2D eigenvalue weighted by Crippen LogP contribution is -2.25. The average Bonchev–Trinajstić information content (AvgIpc) is 3.47. The van der Waals surface area contributed by atoms with Crippen molar-refractivity contribution in [3.05, 3.63) is 87.8 Å². The first-order valence-corrected chi connectivity index (χ1v) is 11.2. The molecule has 3 aromatic rings. The van der Waals surface area contributed by atoms with Crippen molar-refractivity contribution >= 4 is 45.5 Å². The van der Waals surface area contributed by atoms with Gasteiger partial charge in [0.1, 0.15) is 0 Å². The molecule has 2 aliphatic rings. The normalized spacial score (nSPS) is 18.8. The van der Waals surface area contributed by atoms with Gasteiger partial charge in [0.25, 0.3) is 5.91 Å². The molecule has 2 aromatic carbocycles. The number of aromatic nitrogens is 1. The zero-order valence-corrected chi connectivity index (χ0v) is 18.1. The number of hydrogen-bond donors (Lipinski definition) is 0. The molecule has 5 rings (SSSR count). The first-order chi connectivity index (χ1) is 14.6. The Morgan fingerprint density at radius 2 is 1.63 bits per heavy atom. The number of thioether (sulfide) groups is 1. The Labute approximate surface area is 183 Å². The molecule has 0 atom stereocenters. The number of hydrogen-bond acceptors (Lipinski definition) is 6. The van der Waals surface area contributed by atoms with Crippen molar-refractivity contribution in [2.24, 2.45) is 5.10 Å². The molecule has 0 N–H and O–H groups in total. The maximum absolute atomic E-state index is 13.4. The third-order valence-electron chi connectivity index (χ3n) is 4.89. The molecule has 30 heavy (non-hydrogen) atoms. The summed E-state index contributed by atoms with van der Waals surface area (Å²) < 4.78 is 0. The monoisotopic (exact) mass is 430 g/mol. The highest BCUT2D eigenvalue weighted by atomic mass is 32.2. The predicted molar refractivity (Wildman–Crippen MR) is 125 cm³/mol. The molecular formula is C23H18N4OS2. The molecule has 0 fully saturated rings. The van der Waals surface area contributed by atoms with Crippen molar-refractivity contribution < 1.29 is 4.79 Å². The fraction of sp³-hybridized carbons (Fsp3) is 0.0870. The van der Waals surface area contributed by atoms with E-state index in [4.69, 9.17) is 0 Å². The van der Waals surface area contributed by atoms with E-state index in [1.807, 2.05) is 79.9 Å². The van der Waals surface area contributed by atoms with E-state index < -0.39 is 0 Å². The van der Waals surface area contributed by atoms with Gasteiger partial charge in [-0.15, -0.1) is 11.3 Å². The van der Waals surface area contributed by atoms with Gasteiger partial charge in [0.05, 0.1) is 22.0 Å². The smallest absolute Gasteiger partial charge is 0.285 e. The molecule has 0 saturated heterocycles. The molecule has 0 spiro atoms. The second-order valence-electron chi connectivity index (χ2n) is 6.91. The van der Waals surface area contributed by atoms with Crippen LogP contribution in [0.1, 0.15) is 13.8 Å². The Morgan fingerprint density at radius 3 is 2.37 bits per heavy atom. The maximum atomic E-state index is 13.4. The van der Waals surface area contributed by atoms with Gasteiger partial charge in [-0.25, -0.2) is 4.98 Å². The van der Waals surface area contributed by atoms with Gasteiger partial charge in [0, 0.05) is 22.3 Å². The maximum Gasteiger partial charge on any atom is 0.285 e. The second kappa shape index (κ2) is 7.59. The van der Waals surface area contributed by atoms with Crippen LogP contribution in [0.4, 0.5) is 10.8 Å². The molecule has 0 saturated carbocycles. The van der Waals surface area contributed by atoms with Crippen LogP contribution in [0.3, 0.4) is 0 Å². The number of nitrogens with zero attached hydrogens (tertiary/aromatic N) is 4. The molecule has 1 aromatic heterocycles. The van der Waals surface area contributed by atoms with Crippen LogP contribution in [0.15, 0.2) is 92.9 Å². The van der Waals surface area contributed by atoms with E-state index in [-0.39, 0.29) is 5.91 Å². The summed E-state index contributed by atoms with van der Waals surface area (Å²) in [4.78, 5) is 20.2. The summed E-state index contributed by atoms with van der Waals surface area (Å²) in [6.45, 7) is 3.92. The van der Waals surface area contributed by atoms with E-state index in [9.17, 15) is 4.79 Å². The van der Waals surface area contributed by atoms with E-state index in [1.165, 1.54) is 16.3 Å². The van der Waals surface area contributed by atoms with Crippen LogP contribution in [0.25, 0.3) is 11.3 Å². The highest BCUT2D eigenvalue weighted by molar-refractivity contribution is 8.06. The molecule has 2 aliphatic heterocycles. The molecule has 148 valence electrons. The number of para-hydroxylation sites is 1. The number of rotatable bonds is 3. The number of anilines is 2. The summed E-state index contributed by atoms with van der Waals surface area (Å²) in [6, 6.07) is 20.0. The molecule has 3 heterocycles. The molecule has 0 aliphatic carbocycles. The molecule has 5 nitrogen and oxygen atoms in total. The molecule has 0 unspecified atom stereocenters. The Morgan fingerprint density at radius 1 is 0.933 bits per heavy atom. The predicted octanol–water partition coefficient (Wildman–Crippen LogP) is 5.86. The summed E-state index contributed by atoms with van der Waals surface area (Å²) in [5.74, 6) is -0.145. The largest absolute Gasteiger partial charge is 0.307 e. The first kappa shape index (κ1) is 18.8. The molecule has 0 bridgehead atoms. The standard InChI is InChI=1S/C23H18N4OS2/c1-15-13-29-22(26(15)18-11-7-4-8-12-18)20-16(2)25-27(21(20)28)23-24-19(14-30-23)17-9-5-3-6-10-17/h3-14H,1-2H3/b22-20-. The lowest BCUT2D eigenvalue weighted by atomic mass is 10.1. The van der Waals surface area contributed by atoms with Crippen LogP contribution in [0.5, 0.6) is 0 Å². The van der Waals surface area contributed by atoms with E-state index in [0.717, 1.165) is 27.7 Å². The lowest BCUT2D eigenvalue weighted by Gasteiger charge is -2.23. The summed E-state index contributed by atoms with van der Waals surface area (Å²) in [6.07, 6.45) is 0. The van der Waals surface area contributed by atoms with Crippen molar-refractivity contribution in [3.63, 3.8) is 0 Å². The number of thiazole rings is 1. The van der Waals surface area contributed by atoms with Crippen LogP contribution in [-0.4, -0.2) is 16.6 Å². The fourth-order valence-corrected chi connectivity index (χ4v) is 5.34. The minimum absolute atomic E-state index is 0.145. The van der Waals surface area contributed by atoms with Crippen LogP contribution in [0, 0.1) is 0 Å². The summed E-state index contributed by atoms with van der Waals surface area (Å²) in [5.41, 5.74) is 5.28. The van der Waals surface area contributed by atoms with E-state index >= 15 is 0 Å². The van der Waals surface area contributed by atoms with Gasteiger partial charge in [0.15, 0.2) is 0 Å². The number of allylic oxidation sites excluding steroid dienone is 1. The number of amides is 1. The Balaban J connectivity index is 1.51. The second-order valence-corrected chi connectivity index (χ2v) is 8.61. The first-order valence-electron chi connectivity index (χ1n) is 9.47. The number of carbonyl (C=O) groups is 1. The molecular weight excluding hydrogens is 412 g/mol. The Bertz CT molecular complexity index is 1210. The Hall–Kier alpha value is -3.16. The number of hydrazone groups is 1. The van der Waals surface area contributed by atoms with Crippen LogP contribution in [0.2, 0.25) is 0 Å². The average molecular weight is 431 g/mol. The van der Waals surface area contributed by atoms with Crippen molar-refractivity contribution in [3.8, 4) is 11.3 Å². The van der Waals surface area contributed by atoms with E-state index in [1.54, 1.807) is 11.8 Å². The quantitative estimate of drug-likeness (QED) is 0.489. The highest BCUT2D eigenvalue weighted by Crippen LogP contribution is 2.42. The van der Waals surface area contributed by atoms with Gasteiger partial charge in [-0.1, -0.05) is 60.3 Å². The van der Waals surface area contributed by atoms with Crippen LogP contribution in [-0.2, 0) is 4.79 Å². The lowest BCUT2D eigenvalue weighted by molar-refractivity contribution is -0.114. The molecule has 1 amide bonds. The van der Waals surface area contributed by atoms with E-state index in [2.05, 4.69) is 20.4 Å². The van der Waals surface area contributed by atoms with Gasteiger partial charge in [-0.05, 0) is 31.4 Å². The van der Waals surface area contributed by atoms with Gasteiger partial charge in [-0.2, -0.15) is 10.1 Å². The third-order valence-corrected chi connectivity index (χ3v) is 6.77. The van der Waals surface area contributed by atoms with Gasteiger partial charge < -0.3 is 4.90 Å². The number of benzene rings is 2. The van der Waals surface area contributed by atoms with Crippen molar-refractivity contribution in [1.29, 1.82) is 0 Å². The van der Waals surface area contributed by atoms with Crippen LogP contribution < -0.4 is 9.91 Å². The minimum Gasteiger partial charge on any atom is -0.307 e. The van der Waals surface area contributed by atoms with Gasteiger partial charge in [0.2, 0.25) is 5.13 Å².